The summed E-state index contributed by atoms with van der Waals surface area (Å²) in [6.45, 7) is 0.616. The highest BCUT2D eigenvalue weighted by molar-refractivity contribution is 5.93. The Hall–Kier alpha value is -2.14. The predicted octanol–water partition coefficient (Wildman–Crippen LogP) is 1.06. The highest BCUT2D eigenvalue weighted by Gasteiger charge is 2.02. The van der Waals surface area contributed by atoms with E-state index in [2.05, 4.69) is 5.32 Å². The van der Waals surface area contributed by atoms with Crippen LogP contribution in [0.1, 0.15) is 15.9 Å². The summed E-state index contributed by atoms with van der Waals surface area (Å²) in [6, 6.07) is 6.83. The maximum Gasteiger partial charge on any atom is 0.274 e. The fourth-order valence-electron chi connectivity index (χ4n) is 1.13. The van der Waals surface area contributed by atoms with Gasteiger partial charge in [0.1, 0.15) is 0 Å². The summed E-state index contributed by atoms with van der Waals surface area (Å²) < 4.78 is 0. The van der Waals surface area contributed by atoms with E-state index in [9.17, 15) is 4.79 Å². The van der Waals surface area contributed by atoms with Crippen LogP contribution in [0.4, 0.5) is 0 Å². The minimum atomic E-state index is -0.525. The van der Waals surface area contributed by atoms with Crippen LogP contribution in [-0.4, -0.2) is 17.3 Å². The molecule has 0 spiro atoms. The van der Waals surface area contributed by atoms with Crippen molar-refractivity contribution in [3.63, 3.8) is 0 Å². The van der Waals surface area contributed by atoms with Gasteiger partial charge in [0, 0.05) is 18.3 Å². The molecule has 16 heavy (non-hydrogen) atoms. The molecule has 0 aliphatic carbocycles. The van der Waals surface area contributed by atoms with Crippen LogP contribution in [0.3, 0.4) is 0 Å². The number of rotatable bonds is 5. The summed E-state index contributed by atoms with van der Waals surface area (Å²) in [4.78, 5) is 11.0. The summed E-state index contributed by atoms with van der Waals surface area (Å²) >= 11 is 0. The summed E-state index contributed by atoms with van der Waals surface area (Å²) in [5.41, 5.74) is 2.98. The van der Waals surface area contributed by atoms with Crippen molar-refractivity contribution in [2.24, 2.45) is 0 Å². The Kier molecular flexibility index (Phi) is 4.75. The quantitative estimate of drug-likeness (QED) is 0.339. The maximum atomic E-state index is 11.0. The second-order valence-electron chi connectivity index (χ2n) is 3.04. The summed E-state index contributed by atoms with van der Waals surface area (Å²) in [7, 11) is 0. The first-order valence-corrected chi connectivity index (χ1v) is 4.70. The third-order valence-corrected chi connectivity index (χ3v) is 1.93. The van der Waals surface area contributed by atoms with Gasteiger partial charge >= 0.3 is 0 Å². The minimum Gasteiger partial charge on any atom is -0.387 e. The van der Waals surface area contributed by atoms with Crippen LogP contribution in [0, 0.1) is 5.41 Å². The zero-order chi connectivity index (χ0) is 11.8. The molecule has 84 valence electrons. The fourth-order valence-corrected chi connectivity index (χ4v) is 1.13. The van der Waals surface area contributed by atoms with Gasteiger partial charge in [-0.3, -0.25) is 10.0 Å². The molecule has 0 aromatic heterocycles. The Labute approximate surface area is 93.3 Å². The second-order valence-corrected chi connectivity index (χ2v) is 3.04. The molecule has 0 aliphatic heterocycles. The van der Waals surface area contributed by atoms with Gasteiger partial charge in [0.05, 0.1) is 0 Å². The van der Waals surface area contributed by atoms with E-state index in [1.54, 1.807) is 42.0 Å². The molecule has 1 aromatic carbocycles. The van der Waals surface area contributed by atoms with E-state index in [0.29, 0.717) is 12.1 Å². The van der Waals surface area contributed by atoms with Crippen molar-refractivity contribution >= 4 is 12.1 Å². The maximum absolute atomic E-state index is 11.0. The number of nitrogens with one attached hydrogen (secondary N) is 3. The van der Waals surface area contributed by atoms with Gasteiger partial charge in [-0.2, -0.15) is 0 Å². The molecule has 5 nitrogen and oxygen atoms in total. The number of hydrogen-bond donors (Lipinski definition) is 4. The first kappa shape index (κ1) is 11.9. The molecule has 0 radical (unpaired) electrons. The molecule has 0 saturated carbocycles. The Balaban J connectivity index is 2.54. The molecular weight excluding hydrogens is 206 g/mol. The van der Waals surface area contributed by atoms with Gasteiger partial charge in [-0.05, 0) is 30.0 Å². The zero-order valence-corrected chi connectivity index (χ0v) is 8.60. The Morgan fingerprint density at radius 3 is 2.62 bits per heavy atom. The van der Waals surface area contributed by atoms with Crippen molar-refractivity contribution in [1.82, 2.24) is 10.8 Å². The molecule has 0 bridgehead atoms. The Bertz CT molecular complexity index is 385. The van der Waals surface area contributed by atoms with Gasteiger partial charge in [0.15, 0.2) is 0 Å². The molecule has 0 fully saturated rings. The van der Waals surface area contributed by atoms with Crippen molar-refractivity contribution in [2.75, 3.05) is 0 Å². The molecule has 0 atom stereocenters. The van der Waals surface area contributed by atoms with E-state index in [4.69, 9.17) is 10.6 Å². The number of hydrogen-bond acceptors (Lipinski definition) is 4. The zero-order valence-electron chi connectivity index (χ0n) is 8.60. The lowest BCUT2D eigenvalue weighted by Gasteiger charge is -2.02. The second kappa shape index (κ2) is 6.36. The van der Waals surface area contributed by atoms with Crippen LogP contribution < -0.4 is 10.8 Å². The van der Waals surface area contributed by atoms with Gasteiger partial charge in [-0.25, -0.2) is 5.48 Å². The van der Waals surface area contributed by atoms with Crippen LogP contribution in [-0.2, 0) is 6.54 Å². The smallest absolute Gasteiger partial charge is 0.274 e. The molecule has 1 amide bonds. The molecule has 1 aromatic rings. The monoisotopic (exact) mass is 219 g/mol. The van der Waals surface area contributed by atoms with E-state index in [-0.39, 0.29) is 0 Å². The van der Waals surface area contributed by atoms with Crippen LogP contribution in [0.25, 0.3) is 0 Å². The minimum absolute atomic E-state index is 0.404. The summed E-state index contributed by atoms with van der Waals surface area (Å²) in [5, 5.41) is 18.2. The third kappa shape index (κ3) is 3.55. The molecule has 5 heteroatoms. The van der Waals surface area contributed by atoms with Crippen molar-refractivity contribution < 1.29 is 10.0 Å². The largest absolute Gasteiger partial charge is 0.387 e. The van der Waals surface area contributed by atoms with Crippen molar-refractivity contribution in [2.45, 2.75) is 6.54 Å². The molecule has 4 N–H and O–H groups in total. The average molecular weight is 219 g/mol. The van der Waals surface area contributed by atoms with Gasteiger partial charge in [0.25, 0.3) is 5.91 Å². The lowest BCUT2D eigenvalue weighted by atomic mass is 10.1. The summed E-state index contributed by atoms with van der Waals surface area (Å²) in [5.74, 6) is -0.525. The van der Waals surface area contributed by atoms with E-state index in [0.717, 1.165) is 5.56 Å². The molecule has 0 unspecified atom stereocenters. The van der Waals surface area contributed by atoms with Crippen LogP contribution in [0.15, 0.2) is 36.5 Å². The lowest BCUT2D eigenvalue weighted by Crippen LogP contribution is -2.18. The molecule has 0 heterocycles. The van der Waals surface area contributed by atoms with Gasteiger partial charge in [-0.1, -0.05) is 12.1 Å². The molecule has 0 aliphatic rings. The van der Waals surface area contributed by atoms with Crippen molar-refractivity contribution in [3.8, 4) is 0 Å². The Morgan fingerprint density at radius 2 is 2.06 bits per heavy atom. The fraction of sp³-hybridized carbons (Fsp3) is 0.0909. The number of carbonyl (C=O) groups is 1. The van der Waals surface area contributed by atoms with E-state index in [1.807, 2.05) is 0 Å². The van der Waals surface area contributed by atoms with Crippen LogP contribution >= 0.6 is 0 Å². The van der Waals surface area contributed by atoms with E-state index < -0.39 is 5.91 Å². The van der Waals surface area contributed by atoms with Gasteiger partial charge in [-0.15, -0.1) is 0 Å². The molecular formula is C11H13N3O2. The van der Waals surface area contributed by atoms with Gasteiger partial charge < -0.3 is 10.7 Å². The van der Waals surface area contributed by atoms with Gasteiger partial charge in [0.2, 0.25) is 0 Å². The first-order chi connectivity index (χ1) is 7.77. The number of benzene rings is 1. The molecule has 0 saturated heterocycles. The van der Waals surface area contributed by atoms with E-state index >= 15 is 0 Å². The van der Waals surface area contributed by atoms with Crippen LogP contribution in [0.2, 0.25) is 0 Å². The standard InChI is InChI=1S/C11H13N3O2/c12-6-1-7-13-8-9-2-4-10(5-3-9)11(15)14-16/h1-7,12-13,16H,8H2,(H,14,15)/b7-1-,12-6?. The number of carbonyl (C=O) groups excluding carboxylic acids is 1. The van der Waals surface area contributed by atoms with E-state index in [1.165, 1.54) is 6.21 Å². The van der Waals surface area contributed by atoms with Crippen molar-refractivity contribution in [3.05, 3.63) is 47.7 Å². The lowest BCUT2D eigenvalue weighted by molar-refractivity contribution is 0.0706. The first-order valence-electron chi connectivity index (χ1n) is 4.70. The van der Waals surface area contributed by atoms with Crippen molar-refractivity contribution in [1.29, 1.82) is 5.41 Å². The highest BCUT2D eigenvalue weighted by Crippen LogP contribution is 2.03. The SMILES string of the molecule is N=C/C=C\NCc1ccc(C(=O)NO)cc1. The number of allylic oxidation sites excluding steroid dienone is 1. The average Bonchev–Trinajstić information content (AvgIpc) is 2.34. The normalized spacial score (nSPS) is 10.1. The molecule has 1 rings (SSSR count). The highest BCUT2D eigenvalue weighted by atomic mass is 16.5. The summed E-state index contributed by atoms with van der Waals surface area (Å²) in [6.07, 6.45) is 4.43. The van der Waals surface area contributed by atoms with Crippen LogP contribution in [0.5, 0.6) is 0 Å². The Morgan fingerprint density at radius 1 is 1.38 bits per heavy atom. The topological polar surface area (TPSA) is 85.2 Å². The number of hydroxylamine groups is 1. The predicted molar refractivity (Wildman–Crippen MR) is 60.5 cm³/mol. The number of amides is 1. The third-order valence-electron chi connectivity index (χ3n) is 1.93.